The van der Waals surface area contributed by atoms with Crippen LogP contribution in [0, 0.1) is 5.82 Å². The maximum atomic E-state index is 13.0. The van der Waals surface area contributed by atoms with Crippen LogP contribution in [0.1, 0.15) is 6.42 Å². The monoisotopic (exact) mass is 332 g/mol. The summed E-state index contributed by atoms with van der Waals surface area (Å²) in [4.78, 5) is 1.58. The molecule has 1 aromatic rings. The van der Waals surface area contributed by atoms with Crippen molar-refractivity contribution in [2.45, 2.75) is 6.42 Å². The molecule has 21 heavy (non-hydrogen) atoms. The number of hydrogen-bond donors (Lipinski definition) is 3. The van der Waals surface area contributed by atoms with Gasteiger partial charge in [0, 0.05) is 18.7 Å². The van der Waals surface area contributed by atoms with Crippen molar-refractivity contribution in [2.24, 2.45) is 0 Å². The number of benzene rings is 1. The number of hydrogen-bond acceptors (Lipinski definition) is 2. The lowest BCUT2D eigenvalue weighted by Crippen LogP contribution is -3.14. The fraction of sp³-hybridized carbons (Fsp3) is 0.500. The smallest absolute Gasteiger partial charge is 0.170 e. The van der Waals surface area contributed by atoms with Crippen LogP contribution in [0.5, 0.6) is 0 Å². The molecular weight excluding hydrogens is 313 g/mol. The molecule has 0 bridgehead atoms. The van der Waals surface area contributed by atoms with Crippen LogP contribution in [0.4, 0.5) is 10.1 Å². The minimum atomic E-state index is -0.436. The van der Waals surface area contributed by atoms with E-state index >= 15 is 0 Å². The van der Waals surface area contributed by atoms with Gasteiger partial charge in [-0.2, -0.15) is 0 Å². The minimum absolute atomic E-state index is 0.0821. The van der Waals surface area contributed by atoms with Gasteiger partial charge in [0.15, 0.2) is 5.11 Å². The number of nitrogens with one attached hydrogen (secondary N) is 3. The molecule has 0 unspecified atom stereocenters. The van der Waals surface area contributed by atoms with E-state index in [1.807, 2.05) is 0 Å². The van der Waals surface area contributed by atoms with Gasteiger partial charge in [0.1, 0.15) is 18.9 Å². The Bertz CT molecular complexity index is 483. The first-order valence-electron chi connectivity index (χ1n) is 7.06. The Hall–Kier alpha value is -0.950. The van der Waals surface area contributed by atoms with Gasteiger partial charge in [-0.1, -0.05) is 11.6 Å². The molecule has 1 saturated heterocycles. The first-order chi connectivity index (χ1) is 10.1. The average Bonchev–Trinajstić information content (AvgIpc) is 2.49. The molecule has 1 heterocycles. The summed E-state index contributed by atoms with van der Waals surface area (Å²) in [6, 6.07) is 4.44. The highest BCUT2D eigenvalue weighted by Gasteiger charge is 2.12. The summed E-state index contributed by atoms with van der Waals surface area (Å²) in [6.07, 6.45) is 1.04. The van der Waals surface area contributed by atoms with Gasteiger partial charge < -0.3 is 20.3 Å². The zero-order valence-electron chi connectivity index (χ0n) is 11.8. The molecule has 0 aliphatic carbocycles. The quantitative estimate of drug-likeness (QED) is 0.557. The van der Waals surface area contributed by atoms with Crippen LogP contribution in [0.3, 0.4) is 0 Å². The van der Waals surface area contributed by atoms with Gasteiger partial charge in [-0.3, -0.25) is 0 Å². The SMILES string of the molecule is Fc1ccc(NC(=S)NCCC[NH+]2CCOCC2)cc1Cl. The van der Waals surface area contributed by atoms with E-state index in [2.05, 4.69) is 10.6 Å². The number of quaternary nitrogens is 1. The lowest BCUT2D eigenvalue weighted by Gasteiger charge is -2.23. The first kappa shape index (κ1) is 16.4. The number of halogens is 2. The van der Waals surface area contributed by atoms with Gasteiger partial charge in [0.05, 0.1) is 24.8 Å². The molecule has 4 nitrogen and oxygen atoms in total. The van der Waals surface area contributed by atoms with Crippen molar-refractivity contribution in [1.29, 1.82) is 0 Å². The fourth-order valence-corrected chi connectivity index (χ4v) is 2.60. The van der Waals surface area contributed by atoms with Crippen LogP contribution >= 0.6 is 23.8 Å². The van der Waals surface area contributed by atoms with Crippen molar-refractivity contribution >= 4 is 34.6 Å². The van der Waals surface area contributed by atoms with Crippen molar-refractivity contribution in [2.75, 3.05) is 44.7 Å². The van der Waals surface area contributed by atoms with E-state index in [9.17, 15) is 4.39 Å². The summed E-state index contributed by atoms with van der Waals surface area (Å²) in [7, 11) is 0. The van der Waals surface area contributed by atoms with Gasteiger partial charge in [0.2, 0.25) is 0 Å². The van der Waals surface area contributed by atoms with Crippen LogP contribution in [0.25, 0.3) is 0 Å². The summed E-state index contributed by atoms with van der Waals surface area (Å²) in [5.41, 5.74) is 0.678. The van der Waals surface area contributed by atoms with E-state index in [0.29, 0.717) is 10.8 Å². The van der Waals surface area contributed by atoms with E-state index in [0.717, 1.165) is 45.8 Å². The summed E-state index contributed by atoms with van der Waals surface area (Å²) < 4.78 is 18.4. The minimum Gasteiger partial charge on any atom is -0.370 e. The molecule has 0 saturated carbocycles. The van der Waals surface area contributed by atoms with Gasteiger partial charge in [-0.05, 0) is 30.4 Å². The van der Waals surface area contributed by atoms with Gasteiger partial charge in [-0.25, -0.2) is 4.39 Å². The Morgan fingerprint density at radius 2 is 2.14 bits per heavy atom. The largest absolute Gasteiger partial charge is 0.370 e. The third kappa shape index (κ3) is 5.74. The molecule has 3 N–H and O–H groups in total. The third-order valence-corrected chi connectivity index (χ3v) is 3.91. The number of rotatable bonds is 5. The maximum absolute atomic E-state index is 13.0. The highest BCUT2D eigenvalue weighted by molar-refractivity contribution is 7.80. The standard InChI is InChI=1S/C14H19ClFN3OS/c15-12-10-11(2-3-13(12)16)18-14(21)17-4-1-5-19-6-8-20-9-7-19/h2-3,10H,1,4-9H2,(H2,17,18,21)/p+1. The molecule has 0 atom stereocenters. The second-order valence-corrected chi connectivity index (χ2v) is 5.79. The van der Waals surface area contributed by atoms with Crippen LogP contribution in [-0.4, -0.2) is 44.5 Å². The second kappa shape index (κ2) is 8.48. The molecule has 0 spiro atoms. The molecular formula is C14H20ClFN3OS+. The second-order valence-electron chi connectivity index (χ2n) is 4.98. The Morgan fingerprint density at radius 3 is 2.86 bits per heavy atom. The molecule has 7 heteroatoms. The normalized spacial score (nSPS) is 15.7. The first-order valence-corrected chi connectivity index (χ1v) is 7.85. The molecule has 0 amide bonds. The summed E-state index contributed by atoms with van der Waals surface area (Å²) in [5.74, 6) is -0.436. The highest BCUT2D eigenvalue weighted by atomic mass is 35.5. The lowest BCUT2D eigenvalue weighted by molar-refractivity contribution is -0.908. The van der Waals surface area contributed by atoms with Crippen molar-refractivity contribution in [1.82, 2.24) is 5.32 Å². The topological polar surface area (TPSA) is 37.7 Å². The molecule has 0 radical (unpaired) electrons. The number of ether oxygens (including phenoxy) is 1. The zero-order chi connectivity index (χ0) is 15.1. The lowest BCUT2D eigenvalue weighted by atomic mass is 10.3. The van der Waals surface area contributed by atoms with Crippen molar-refractivity contribution in [3.8, 4) is 0 Å². The number of anilines is 1. The Labute approximate surface area is 134 Å². The third-order valence-electron chi connectivity index (χ3n) is 3.37. The molecule has 1 aliphatic rings. The molecule has 1 aliphatic heterocycles. The summed E-state index contributed by atoms with van der Waals surface area (Å²) in [5, 5.41) is 6.74. The number of thiocarbonyl (C=S) groups is 1. The van der Waals surface area contributed by atoms with Crippen molar-refractivity contribution in [3.05, 3.63) is 29.0 Å². The van der Waals surface area contributed by atoms with E-state index in [1.54, 1.807) is 11.0 Å². The van der Waals surface area contributed by atoms with Crippen LogP contribution in [-0.2, 0) is 4.74 Å². The predicted molar refractivity (Wildman–Crippen MR) is 86.6 cm³/mol. The van der Waals surface area contributed by atoms with Gasteiger partial charge in [0.25, 0.3) is 0 Å². The van der Waals surface area contributed by atoms with Crippen LogP contribution < -0.4 is 15.5 Å². The van der Waals surface area contributed by atoms with E-state index in [4.69, 9.17) is 28.6 Å². The average molecular weight is 333 g/mol. The molecule has 0 aromatic heterocycles. The Balaban J connectivity index is 1.63. The zero-order valence-corrected chi connectivity index (χ0v) is 13.3. The van der Waals surface area contributed by atoms with E-state index in [-0.39, 0.29) is 5.02 Å². The summed E-state index contributed by atoms with van der Waals surface area (Å²) in [6.45, 7) is 5.79. The van der Waals surface area contributed by atoms with Crippen LogP contribution in [0.15, 0.2) is 18.2 Å². The van der Waals surface area contributed by atoms with Crippen molar-refractivity contribution < 1.29 is 14.0 Å². The molecule has 116 valence electrons. The maximum Gasteiger partial charge on any atom is 0.170 e. The van der Waals surface area contributed by atoms with E-state index in [1.165, 1.54) is 12.1 Å². The Morgan fingerprint density at radius 1 is 1.38 bits per heavy atom. The van der Waals surface area contributed by atoms with Gasteiger partial charge in [-0.15, -0.1) is 0 Å². The Kier molecular flexibility index (Phi) is 6.63. The number of morpholine rings is 1. The molecule has 2 rings (SSSR count). The fourth-order valence-electron chi connectivity index (χ4n) is 2.20. The molecule has 1 aromatic carbocycles. The van der Waals surface area contributed by atoms with Gasteiger partial charge >= 0.3 is 0 Å². The summed E-state index contributed by atoms with van der Waals surface area (Å²) >= 11 is 10.9. The van der Waals surface area contributed by atoms with Crippen molar-refractivity contribution in [3.63, 3.8) is 0 Å². The molecule has 1 fully saturated rings. The van der Waals surface area contributed by atoms with Crippen LogP contribution in [0.2, 0.25) is 5.02 Å². The highest BCUT2D eigenvalue weighted by Crippen LogP contribution is 2.19. The predicted octanol–water partition coefficient (Wildman–Crippen LogP) is 1.07. The van der Waals surface area contributed by atoms with E-state index < -0.39 is 5.82 Å².